The maximum Gasteiger partial charge on any atom is 0.187 e. The third-order valence-electron chi connectivity index (χ3n) is 19.7. The second-order valence-electron chi connectivity index (χ2n) is 23.8. The minimum absolute atomic E-state index is 0.0569. The summed E-state index contributed by atoms with van der Waals surface area (Å²) >= 11 is 0. The zero-order valence-corrected chi connectivity index (χ0v) is 42.1. The van der Waals surface area contributed by atoms with Crippen molar-refractivity contribution >= 4 is 0 Å². The molecule has 1 spiro atoms. The first kappa shape index (κ1) is 53.3. The van der Waals surface area contributed by atoms with E-state index in [9.17, 15) is 51.1 Å². The summed E-state index contributed by atoms with van der Waals surface area (Å²) in [5.41, 5.74) is 1.44. The van der Waals surface area contributed by atoms with E-state index in [1.54, 1.807) is 0 Å². The number of aliphatic hydroxyl groups excluding tert-OH is 10. The van der Waals surface area contributed by atoms with Gasteiger partial charge in [-0.1, -0.05) is 39.3 Å². The molecule has 6 saturated heterocycles. The molecule has 3 saturated carbocycles. The lowest BCUT2D eigenvalue weighted by Gasteiger charge is -2.59. The molecule has 6 heterocycles. The molecule has 10 aliphatic rings. The molecule has 0 aromatic rings. The molecule has 0 bridgehead atoms. The molecule has 20 nitrogen and oxygen atoms in total. The van der Waals surface area contributed by atoms with Crippen LogP contribution in [0.3, 0.4) is 0 Å². The van der Waals surface area contributed by atoms with Gasteiger partial charge in [0.2, 0.25) is 0 Å². The monoisotopic (exact) mass is 1010 g/mol. The maximum atomic E-state index is 12.2. The van der Waals surface area contributed by atoms with E-state index in [1.807, 2.05) is 0 Å². The number of allylic oxidation sites excluding steroid dienone is 1. The average molecular weight is 1020 g/mol. The Hall–Kier alpha value is -1.06. The zero-order valence-electron chi connectivity index (χ0n) is 42.1. The van der Waals surface area contributed by atoms with Crippen molar-refractivity contribution in [3.05, 3.63) is 11.6 Å². The molecule has 4 aliphatic carbocycles. The summed E-state index contributed by atoms with van der Waals surface area (Å²) in [6, 6.07) is 0. The van der Waals surface area contributed by atoms with E-state index in [2.05, 4.69) is 33.8 Å². The summed E-state index contributed by atoms with van der Waals surface area (Å²) in [6.07, 6.45) is -19.0. The Balaban J connectivity index is 0.836. The second-order valence-corrected chi connectivity index (χ2v) is 23.8. The molecule has 0 amide bonds. The molecule has 31 atom stereocenters. The first-order chi connectivity index (χ1) is 33.6. The van der Waals surface area contributed by atoms with Crippen molar-refractivity contribution in [2.45, 2.75) is 247 Å². The van der Waals surface area contributed by atoms with Gasteiger partial charge in [-0.15, -0.1) is 0 Å². The fraction of sp³-hybridized carbons (Fsp3) is 0.961. The fourth-order valence-corrected chi connectivity index (χ4v) is 15.4. The van der Waals surface area contributed by atoms with Gasteiger partial charge < -0.3 is 98.4 Å². The van der Waals surface area contributed by atoms with E-state index in [-0.39, 0.29) is 16.9 Å². The lowest BCUT2D eigenvalue weighted by molar-refractivity contribution is -0.394. The van der Waals surface area contributed by atoms with Crippen molar-refractivity contribution in [3.8, 4) is 0 Å². The number of aliphatic hydroxyl groups is 10. The first-order valence-electron chi connectivity index (χ1n) is 26.6. The van der Waals surface area contributed by atoms with Crippen LogP contribution in [0.1, 0.15) is 106 Å². The molecular weight excluding hydrogens is 933 g/mol. The van der Waals surface area contributed by atoms with Crippen molar-refractivity contribution in [1.29, 1.82) is 0 Å². The summed E-state index contributed by atoms with van der Waals surface area (Å²) in [7, 11) is 0. The van der Waals surface area contributed by atoms with Crippen LogP contribution < -0.4 is 0 Å². The molecule has 0 radical (unpaired) electrons. The Kier molecular flexibility index (Phi) is 15.1. The van der Waals surface area contributed by atoms with Gasteiger partial charge in [-0.3, -0.25) is 0 Å². The first-order valence-corrected chi connectivity index (χ1v) is 26.6. The van der Waals surface area contributed by atoms with Crippen LogP contribution in [0.2, 0.25) is 0 Å². The highest BCUT2D eigenvalue weighted by Gasteiger charge is 2.69. The third-order valence-corrected chi connectivity index (χ3v) is 19.7. The zero-order chi connectivity index (χ0) is 50.8. The predicted octanol–water partition coefficient (Wildman–Crippen LogP) is 0.0935. The number of rotatable bonds is 9. The molecule has 9 fully saturated rings. The minimum Gasteiger partial charge on any atom is -0.394 e. The van der Waals surface area contributed by atoms with Crippen LogP contribution in [0.4, 0.5) is 0 Å². The maximum absolute atomic E-state index is 12.2. The van der Waals surface area contributed by atoms with Crippen LogP contribution in [-0.2, 0) is 47.4 Å². The Labute approximate surface area is 415 Å². The summed E-state index contributed by atoms with van der Waals surface area (Å²) in [4.78, 5) is 0. The largest absolute Gasteiger partial charge is 0.394 e. The Morgan fingerprint density at radius 1 is 0.592 bits per heavy atom. The average Bonchev–Trinajstić information content (AvgIpc) is 3.79. The molecule has 20 heteroatoms. The van der Waals surface area contributed by atoms with Gasteiger partial charge in [0.1, 0.15) is 79.4 Å². The van der Waals surface area contributed by atoms with Gasteiger partial charge in [0.25, 0.3) is 0 Å². The smallest absolute Gasteiger partial charge is 0.187 e. The predicted molar refractivity (Wildman–Crippen MR) is 244 cm³/mol. The third kappa shape index (κ3) is 9.03. The molecular formula is C51H82O20. The normalized spacial score (nSPS) is 58.4. The van der Waals surface area contributed by atoms with E-state index >= 15 is 0 Å². The molecule has 0 unspecified atom stereocenters. The van der Waals surface area contributed by atoms with Gasteiger partial charge in [-0.25, -0.2) is 0 Å². The lowest BCUT2D eigenvalue weighted by Crippen LogP contribution is -2.67. The summed E-state index contributed by atoms with van der Waals surface area (Å²) < 4.78 is 62.2. The quantitative estimate of drug-likeness (QED) is 0.137. The Bertz CT molecular complexity index is 1890. The Morgan fingerprint density at radius 3 is 1.82 bits per heavy atom. The van der Waals surface area contributed by atoms with Crippen molar-refractivity contribution in [3.63, 3.8) is 0 Å². The van der Waals surface area contributed by atoms with Gasteiger partial charge in [-0.2, -0.15) is 0 Å². The van der Waals surface area contributed by atoms with Crippen LogP contribution in [-0.4, -0.2) is 205 Å². The van der Waals surface area contributed by atoms with Gasteiger partial charge in [0.05, 0.1) is 43.7 Å². The highest BCUT2D eigenvalue weighted by molar-refractivity contribution is 5.26. The van der Waals surface area contributed by atoms with E-state index < -0.39 is 141 Å². The van der Waals surface area contributed by atoms with E-state index in [1.165, 1.54) is 26.3 Å². The number of fused-ring (bicyclic) bond motifs is 7. The van der Waals surface area contributed by atoms with Gasteiger partial charge in [0.15, 0.2) is 30.9 Å². The molecule has 71 heavy (non-hydrogen) atoms. The number of ether oxygens (including phenoxy) is 10. The molecule has 0 aromatic heterocycles. The molecule has 10 N–H and O–H groups in total. The van der Waals surface area contributed by atoms with Gasteiger partial charge in [-0.05, 0) is 113 Å². The lowest BCUT2D eigenvalue weighted by atomic mass is 9.47. The molecule has 10 rings (SSSR count). The van der Waals surface area contributed by atoms with E-state index in [0.29, 0.717) is 48.3 Å². The second kappa shape index (κ2) is 20.1. The SMILES string of the molecule is C[C@H]1CC[C@@]2(OC1)O[C@H]1C[C@H]3[C@@H]4CC=C5C[C@@H](O[C@@H]6O[C@@H](CO)[C@H](O[C@H]7O[C@H](C)[C@@H](O[C@H]8O[C@H](C)[C@@H](O)[C@H](O)[C@@H]8O)[C@H](O)[C@@H]7O)[C@@H](O)[C@@H]6O[C@@H]6O[C@@H](C)[C@@H](O)[C@H](O)[C@@H]6O)CC[C@]5(C)[C@H]4CC[C@]3(C)[C@H]1[C@@H]2C. The van der Waals surface area contributed by atoms with E-state index in [4.69, 9.17) is 47.4 Å². The number of hydrogen-bond donors (Lipinski definition) is 10. The highest BCUT2D eigenvalue weighted by Crippen LogP contribution is 2.71. The van der Waals surface area contributed by atoms with E-state index in [0.717, 1.165) is 51.6 Å². The van der Waals surface area contributed by atoms with Crippen LogP contribution >= 0.6 is 0 Å². The van der Waals surface area contributed by atoms with Crippen LogP contribution in [0.25, 0.3) is 0 Å². The van der Waals surface area contributed by atoms with Crippen molar-refractivity contribution < 1.29 is 98.4 Å². The highest BCUT2D eigenvalue weighted by atomic mass is 16.8. The fourth-order valence-electron chi connectivity index (χ4n) is 15.4. The number of hydrogen-bond acceptors (Lipinski definition) is 20. The Morgan fingerprint density at radius 2 is 1.20 bits per heavy atom. The molecule has 6 aliphatic heterocycles. The van der Waals surface area contributed by atoms with Crippen LogP contribution in [0, 0.1) is 46.3 Å². The van der Waals surface area contributed by atoms with Crippen molar-refractivity contribution in [2.24, 2.45) is 46.3 Å². The summed E-state index contributed by atoms with van der Waals surface area (Å²) in [5.74, 6) is 2.46. The van der Waals surface area contributed by atoms with Crippen molar-refractivity contribution in [2.75, 3.05) is 13.2 Å². The summed E-state index contributed by atoms with van der Waals surface area (Å²) in [5, 5.41) is 109. The van der Waals surface area contributed by atoms with Crippen molar-refractivity contribution in [1.82, 2.24) is 0 Å². The van der Waals surface area contributed by atoms with Crippen LogP contribution in [0.5, 0.6) is 0 Å². The van der Waals surface area contributed by atoms with Gasteiger partial charge >= 0.3 is 0 Å². The summed E-state index contributed by atoms with van der Waals surface area (Å²) in [6.45, 7) is 14.1. The molecule has 0 aromatic carbocycles. The van der Waals surface area contributed by atoms with Gasteiger partial charge in [0, 0.05) is 12.3 Å². The molecule has 406 valence electrons. The van der Waals surface area contributed by atoms with Crippen LogP contribution in [0.15, 0.2) is 11.6 Å². The topological polar surface area (TPSA) is 295 Å². The standard InChI is InChI=1S/C51H82O20/c1-20-10-15-51(62-19-20)21(2)32-30(71-51)17-29-27-9-8-25-16-26(11-13-49(25,6)28(27)12-14-50(29,32)7)66-48-44(70-46-39(59)36(56)34(54)23(4)64-46)41(61)43(31(18-52)67-48)69-47-40(60)37(57)42(24(5)65-47)68-45-38(58)35(55)33(53)22(3)63-45/h8,20-24,26-48,52-61H,9-19H2,1-7H3/t20-,21-,22+,23-,24+,26-,27+,28-,29-,30-,31-,32-,33+,34+,35-,36-,37+,38-,39-,40-,41+,42+,43-,44-,45+,46-,47+,48+,49-,50-,51+/m0/s1. The minimum atomic E-state index is -1.85.